The second-order valence-electron chi connectivity index (χ2n) is 5.23. The molecule has 0 aromatic heterocycles. The summed E-state index contributed by atoms with van der Waals surface area (Å²) < 4.78 is 38.6. The van der Waals surface area contributed by atoms with Crippen molar-refractivity contribution in [2.75, 3.05) is 18.0 Å². The van der Waals surface area contributed by atoms with Gasteiger partial charge in [0, 0.05) is 5.02 Å². The first-order valence-corrected chi connectivity index (χ1v) is 8.87. The van der Waals surface area contributed by atoms with Gasteiger partial charge in [-0.2, -0.15) is 0 Å². The lowest BCUT2D eigenvalue weighted by Crippen LogP contribution is -2.42. The Bertz CT molecular complexity index is 838. The molecular formula is C16H16ClNO4S. The van der Waals surface area contributed by atoms with Crippen molar-refractivity contribution >= 4 is 27.3 Å². The molecule has 2 aromatic carbocycles. The first kappa shape index (κ1) is 16.0. The van der Waals surface area contributed by atoms with Gasteiger partial charge in [0.05, 0.1) is 19.3 Å². The minimum atomic E-state index is -3.83. The van der Waals surface area contributed by atoms with Crippen LogP contribution in [0.3, 0.4) is 0 Å². The molecule has 0 bridgehead atoms. The van der Waals surface area contributed by atoms with Crippen LogP contribution < -0.4 is 13.8 Å². The van der Waals surface area contributed by atoms with Gasteiger partial charge in [-0.25, -0.2) is 8.42 Å². The van der Waals surface area contributed by atoms with Crippen molar-refractivity contribution in [2.45, 2.75) is 17.9 Å². The van der Waals surface area contributed by atoms with E-state index in [0.29, 0.717) is 16.5 Å². The van der Waals surface area contributed by atoms with Crippen LogP contribution in [-0.2, 0) is 10.0 Å². The van der Waals surface area contributed by atoms with Gasteiger partial charge in [-0.05, 0) is 37.3 Å². The lowest BCUT2D eigenvalue weighted by molar-refractivity contribution is 0.219. The molecule has 23 heavy (non-hydrogen) atoms. The molecule has 0 saturated heterocycles. The lowest BCUT2D eigenvalue weighted by atomic mass is 10.2. The Morgan fingerprint density at radius 1 is 1.26 bits per heavy atom. The SMILES string of the molecule is COc1ccc(Cl)cc1S(=O)(=O)N1CC(C)Oc2ccccc21. The van der Waals surface area contributed by atoms with E-state index >= 15 is 0 Å². The molecule has 0 radical (unpaired) electrons. The van der Waals surface area contributed by atoms with Crippen LogP contribution in [0.2, 0.25) is 5.02 Å². The molecule has 0 saturated carbocycles. The molecule has 1 heterocycles. The number of nitrogens with zero attached hydrogens (tertiary/aromatic N) is 1. The maximum absolute atomic E-state index is 13.2. The molecule has 0 N–H and O–H groups in total. The predicted molar refractivity (Wildman–Crippen MR) is 89.1 cm³/mol. The van der Waals surface area contributed by atoms with E-state index in [-0.39, 0.29) is 23.3 Å². The predicted octanol–water partition coefficient (Wildman–Crippen LogP) is 3.32. The molecule has 5 nitrogen and oxygen atoms in total. The second-order valence-corrected chi connectivity index (χ2v) is 7.49. The average molecular weight is 354 g/mol. The van der Waals surface area contributed by atoms with Crippen molar-refractivity contribution in [3.05, 3.63) is 47.5 Å². The molecular weight excluding hydrogens is 338 g/mol. The molecule has 3 rings (SSSR count). The minimum Gasteiger partial charge on any atom is -0.495 e. The summed E-state index contributed by atoms with van der Waals surface area (Å²) in [5.74, 6) is 0.793. The number of ether oxygens (including phenoxy) is 2. The Morgan fingerprint density at radius 2 is 2.00 bits per heavy atom. The Kier molecular flexibility index (Phi) is 4.12. The van der Waals surface area contributed by atoms with E-state index in [1.165, 1.54) is 17.5 Å². The molecule has 1 aliphatic heterocycles. The van der Waals surface area contributed by atoms with Gasteiger partial charge in [0.15, 0.2) is 0 Å². The fraction of sp³-hybridized carbons (Fsp3) is 0.250. The number of rotatable bonds is 3. The highest BCUT2D eigenvalue weighted by molar-refractivity contribution is 7.93. The standard InChI is InChI=1S/C16H16ClNO4S/c1-11-10-18(13-5-3-4-6-14(13)22-11)23(19,20)16-9-12(17)7-8-15(16)21-2/h3-9,11H,10H2,1-2H3. The normalized spacial score (nSPS) is 17.3. The van der Waals surface area contributed by atoms with Gasteiger partial charge in [-0.3, -0.25) is 4.31 Å². The molecule has 1 atom stereocenters. The zero-order valence-electron chi connectivity index (χ0n) is 12.7. The average Bonchev–Trinajstić information content (AvgIpc) is 2.54. The van der Waals surface area contributed by atoms with Gasteiger partial charge in [0.2, 0.25) is 0 Å². The topological polar surface area (TPSA) is 55.8 Å². The van der Waals surface area contributed by atoms with Crippen LogP contribution in [0.4, 0.5) is 5.69 Å². The van der Waals surface area contributed by atoms with Crippen LogP contribution in [0.25, 0.3) is 0 Å². The van der Waals surface area contributed by atoms with E-state index in [9.17, 15) is 8.42 Å². The number of hydrogen-bond donors (Lipinski definition) is 0. The van der Waals surface area contributed by atoms with Crippen LogP contribution in [0.1, 0.15) is 6.92 Å². The molecule has 0 amide bonds. The number of para-hydroxylation sites is 2. The third-order valence-electron chi connectivity index (χ3n) is 3.58. The van der Waals surface area contributed by atoms with E-state index in [1.54, 1.807) is 30.3 Å². The van der Waals surface area contributed by atoms with Gasteiger partial charge < -0.3 is 9.47 Å². The summed E-state index contributed by atoms with van der Waals surface area (Å²) in [7, 11) is -2.40. The first-order chi connectivity index (χ1) is 10.9. The Hall–Kier alpha value is -1.92. The number of fused-ring (bicyclic) bond motifs is 1. The molecule has 2 aromatic rings. The van der Waals surface area contributed by atoms with E-state index in [2.05, 4.69) is 0 Å². The molecule has 0 aliphatic carbocycles. The van der Waals surface area contributed by atoms with Gasteiger partial charge in [0.1, 0.15) is 22.5 Å². The molecule has 0 spiro atoms. The summed E-state index contributed by atoms with van der Waals surface area (Å²) in [6, 6.07) is 11.6. The van der Waals surface area contributed by atoms with Crippen molar-refractivity contribution in [3.8, 4) is 11.5 Å². The second kappa shape index (κ2) is 5.94. The number of hydrogen-bond acceptors (Lipinski definition) is 4. The Morgan fingerprint density at radius 3 is 2.74 bits per heavy atom. The van der Waals surface area contributed by atoms with Gasteiger partial charge in [-0.15, -0.1) is 0 Å². The van der Waals surface area contributed by atoms with Crippen LogP contribution in [-0.4, -0.2) is 28.2 Å². The number of methoxy groups -OCH3 is 1. The van der Waals surface area contributed by atoms with Crippen molar-refractivity contribution in [3.63, 3.8) is 0 Å². The largest absolute Gasteiger partial charge is 0.495 e. The quantitative estimate of drug-likeness (QED) is 0.849. The highest BCUT2D eigenvalue weighted by Crippen LogP contribution is 2.39. The van der Waals surface area contributed by atoms with Gasteiger partial charge in [0.25, 0.3) is 10.0 Å². The van der Waals surface area contributed by atoms with Crippen molar-refractivity contribution in [1.29, 1.82) is 0 Å². The number of sulfonamides is 1. The van der Waals surface area contributed by atoms with Crippen LogP contribution >= 0.6 is 11.6 Å². The summed E-state index contributed by atoms with van der Waals surface area (Å²) in [6.45, 7) is 2.04. The van der Waals surface area contributed by atoms with E-state index in [1.807, 2.05) is 13.0 Å². The molecule has 122 valence electrons. The molecule has 1 unspecified atom stereocenters. The Labute approximate surface area is 140 Å². The monoisotopic (exact) mass is 353 g/mol. The number of halogens is 1. The maximum Gasteiger partial charge on any atom is 0.268 e. The smallest absolute Gasteiger partial charge is 0.268 e. The van der Waals surface area contributed by atoms with Gasteiger partial charge >= 0.3 is 0 Å². The zero-order chi connectivity index (χ0) is 16.6. The third kappa shape index (κ3) is 2.84. The third-order valence-corrected chi connectivity index (χ3v) is 5.61. The van der Waals surface area contributed by atoms with Gasteiger partial charge in [-0.1, -0.05) is 23.7 Å². The maximum atomic E-state index is 13.2. The van der Waals surface area contributed by atoms with Crippen molar-refractivity contribution in [1.82, 2.24) is 0 Å². The zero-order valence-corrected chi connectivity index (χ0v) is 14.3. The van der Waals surface area contributed by atoms with Crippen molar-refractivity contribution in [2.24, 2.45) is 0 Å². The van der Waals surface area contributed by atoms with Crippen LogP contribution in [0.15, 0.2) is 47.4 Å². The summed E-state index contributed by atoms with van der Waals surface area (Å²) in [4.78, 5) is 0.0383. The summed E-state index contributed by atoms with van der Waals surface area (Å²) in [5, 5.41) is 0.332. The summed E-state index contributed by atoms with van der Waals surface area (Å²) in [6.07, 6.45) is -0.259. The van der Waals surface area contributed by atoms with Crippen LogP contribution in [0, 0.1) is 0 Å². The van der Waals surface area contributed by atoms with E-state index in [4.69, 9.17) is 21.1 Å². The lowest BCUT2D eigenvalue weighted by Gasteiger charge is -2.34. The van der Waals surface area contributed by atoms with E-state index in [0.717, 1.165) is 0 Å². The van der Waals surface area contributed by atoms with E-state index < -0.39 is 10.0 Å². The fourth-order valence-electron chi connectivity index (χ4n) is 2.55. The number of benzene rings is 2. The summed E-state index contributed by atoms with van der Waals surface area (Å²) in [5.41, 5.74) is 0.507. The molecule has 1 aliphatic rings. The highest BCUT2D eigenvalue weighted by Gasteiger charge is 2.34. The highest BCUT2D eigenvalue weighted by atomic mass is 35.5. The van der Waals surface area contributed by atoms with Crippen LogP contribution in [0.5, 0.6) is 11.5 Å². The fourth-order valence-corrected chi connectivity index (χ4v) is 4.52. The summed E-state index contributed by atoms with van der Waals surface area (Å²) >= 11 is 5.98. The molecule has 0 fully saturated rings. The first-order valence-electron chi connectivity index (χ1n) is 7.05. The number of anilines is 1. The molecule has 7 heteroatoms. The minimum absolute atomic E-state index is 0.0383. The Balaban J connectivity index is 2.16. The van der Waals surface area contributed by atoms with Crippen molar-refractivity contribution < 1.29 is 17.9 Å².